The van der Waals surface area contributed by atoms with Gasteiger partial charge in [0.25, 0.3) is 15.9 Å². The molecule has 2 aromatic rings. The third kappa shape index (κ3) is 5.16. The van der Waals surface area contributed by atoms with E-state index < -0.39 is 22.0 Å². The highest BCUT2D eigenvalue weighted by Crippen LogP contribution is 2.10. The van der Waals surface area contributed by atoms with Gasteiger partial charge in [-0.25, -0.2) is 13.1 Å². The lowest BCUT2D eigenvalue weighted by Gasteiger charge is -2.14. The summed E-state index contributed by atoms with van der Waals surface area (Å²) in [6.45, 7) is 1.61. The molecular formula is C18H17N3O4S. The van der Waals surface area contributed by atoms with Gasteiger partial charge in [-0.3, -0.25) is 9.59 Å². The summed E-state index contributed by atoms with van der Waals surface area (Å²) in [4.78, 5) is 23.9. The summed E-state index contributed by atoms with van der Waals surface area (Å²) in [5.74, 6) is -1.09. The number of carbonyl (C=O) groups excluding carboxylic acids is 2. The fourth-order valence-electron chi connectivity index (χ4n) is 2.18. The molecule has 0 heterocycles. The molecule has 0 aliphatic heterocycles. The first-order valence-electron chi connectivity index (χ1n) is 7.73. The van der Waals surface area contributed by atoms with Gasteiger partial charge in [0, 0.05) is 18.0 Å². The average Bonchev–Trinajstić information content (AvgIpc) is 2.61. The number of rotatable bonds is 6. The van der Waals surface area contributed by atoms with E-state index in [4.69, 9.17) is 5.26 Å². The third-order valence-electron chi connectivity index (χ3n) is 3.45. The van der Waals surface area contributed by atoms with Crippen LogP contribution in [0.2, 0.25) is 0 Å². The van der Waals surface area contributed by atoms with Crippen LogP contribution in [-0.2, 0) is 14.8 Å². The van der Waals surface area contributed by atoms with E-state index in [9.17, 15) is 18.0 Å². The van der Waals surface area contributed by atoms with Crippen LogP contribution >= 0.6 is 0 Å². The second kappa shape index (κ2) is 8.27. The normalized spacial score (nSPS) is 11.8. The fraction of sp³-hybridized carbons (Fsp3) is 0.167. The molecule has 2 aromatic carbocycles. The van der Waals surface area contributed by atoms with Crippen LogP contribution in [0.3, 0.4) is 0 Å². The number of sulfonamides is 1. The van der Waals surface area contributed by atoms with Crippen molar-refractivity contribution >= 4 is 21.8 Å². The van der Waals surface area contributed by atoms with Gasteiger partial charge in [0.2, 0.25) is 5.91 Å². The lowest BCUT2D eigenvalue weighted by molar-refractivity contribution is -0.119. The quantitative estimate of drug-likeness (QED) is 0.799. The number of nitrogens with zero attached hydrogens (tertiary/aromatic N) is 1. The smallest absolute Gasteiger partial charge is 0.264 e. The van der Waals surface area contributed by atoms with Crippen LogP contribution in [0, 0.1) is 11.3 Å². The number of amides is 2. The van der Waals surface area contributed by atoms with Crippen LogP contribution in [0.25, 0.3) is 0 Å². The maximum atomic E-state index is 12.2. The molecule has 0 fully saturated rings. The van der Waals surface area contributed by atoms with E-state index in [1.807, 2.05) is 10.8 Å². The number of benzene rings is 2. The minimum absolute atomic E-state index is 0.120. The minimum Gasteiger partial charge on any atom is -0.349 e. The second-order valence-electron chi connectivity index (χ2n) is 5.61. The van der Waals surface area contributed by atoms with Gasteiger partial charge in [-0.05, 0) is 43.3 Å². The van der Waals surface area contributed by atoms with Crippen molar-refractivity contribution in [2.45, 2.75) is 24.3 Å². The highest BCUT2D eigenvalue weighted by atomic mass is 32.2. The molecule has 2 N–H and O–H groups in total. The van der Waals surface area contributed by atoms with Crippen LogP contribution in [-0.4, -0.2) is 26.3 Å². The number of carbonyl (C=O) groups is 2. The van der Waals surface area contributed by atoms with Gasteiger partial charge in [0.05, 0.1) is 16.5 Å². The maximum absolute atomic E-state index is 12.2. The van der Waals surface area contributed by atoms with Crippen molar-refractivity contribution in [2.24, 2.45) is 0 Å². The Kier molecular flexibility index (Phi) is 6.09. The van der Waals surface area contributed by atoms with E-state index in [0.717, 1.165) is 0 Å². The zero-order valence-electron chi connectivity index (χ0n) is 14.0. The molecule has 134 valence electrons. The van der Waals surface area contributed by atoms with Crippen LogP contribution in [0.4, 0.5) is 0 Å². The van der Waals surface area contributed by atoms with Gasteiger partial charge >= 0.3 is 0 Å². The van der Waals surface area contributed by atoms with Crippen LogP contribution in [0.5, 0.6) is 0 Å². The summed E-state index contributed by atoms with van der Waals surface area (Å²) < 4.78 is 26.3. The second-order valence-corrected chi connectivity index (χ2v) is 7.29. The van der Waals surface area contributed by atoms with Crippen molar-refractivity contribution < 1.29 is 18.0 Å². The van der Waals surface area contributed by atoms with Gasteiger partial charge in [-0.1, -0.05) is 18.2 Å². The summed E-state index contributed by atoms with van der Waals surface area (Å²) in [6.07, 6.45) is -0.200. The number of hydrogen-bond donors (Lipinski definition) is 2. The summed E-state index contributed by atoms with van der Waals surface area (Å²) in [6, 6.07) is 15.0. The van der Waals surface area contributed by atoms with Gasteiger partial charge in [-0.2, -0.15) is 5.26 Å². The van der Waals surface area contributed by atoms with Gasteiger partial charge in [-0.15, -0.1) is 0 Å². The standard InChI is InChI=1S/C18H17N3O4S/c1-13(20-18(23)15-5-3-2-4-6-15)11-17(22)21-26(24,25)16-9-7-14(12-19)8-10-16/h2-10,13H,11H2,1H3,(H,20,23)(H,21,22)/t13-/m1/s1. The van der Waals surface area contributed by atoms with Crippen molar-refractivity contribution in [3.05, 3.63) is 65.7 Å². The average molecular weight is 371 g/mol. The zero-order chi connectivity index (χ0) is 19.2. The highest BCUT2D eigenvalue weighted by molar-refractivity contribution is 7.90. The van der Waals surface area contributed by atoms with E-state index >= 15 is 0 Å². The summed E-state index contributed by atoms with van der Waals surface area (Å²) in [5, 5.41) is 11.4. The van der Waals surface area contributed by atoms with Crippen molar-refractivity contribution in [1.29, 1.82) is 5.26 Å². The molecule has 0 unspecified atom stereocenters. The minimum atomic E-state index is -4.03. The SMILES string of the molecule is C[C@H](CC(=O)NS(=O)(=O)c1ccc(C#N)cc1)NC(=O)c1ccccc1. The Morgan fingerprint density at radius 1 is 1.08 bits per heavy atom. The van der Waals surface area contributed by atoms with E-state index in [1.54, 1.807) is 37.3 Å². The fourth-order valence-corrected chi connectivity index (χ4v) is 3.18. The van der Waals surface area contributed by atoms with Crippen LogP contribution in [0.1, 0.15) is 29.3 Å². The van der Waals surface area contributed by atoms with Crippen molar-refractivity contribution in [3.63, 3.8) is 0 Å². The van der Waals surface area contributed by atoms with Crippen molar-refractivity contribution in [1.82, 2.24) is 10.0 Å². The Morgan fingerprint density at radius 3 is 2.27 bits per heavy atom. The summed E-state index contributed by atoms with van der Waals surface area (Å²) in [7, 11) is -4.03. The molecule has 0 aliphatic rings. The zero-order valence-corrected chi connectivity index (χ0v) is 14.8. The molecule has 0 aliphatic carbocycles. The molecule has 0 radical (unpaired) electrons. The van der Waals surface area contributed by atoms with Crippen molar-refractivity contribution in [2.75, 3.05) is 0 Å². The number of nitrogens with one attached hydrogen (secondary N) is 2. The van der Waals surface area contributed by atoms with Gasteiger partial charge in [0.1, 0.15) is 0 Å². The Hall–Kier alpha value is -3.18. The maximum Gasteiger partial charge on any atom is 0.264 e. The first-order valence-corrected chi connectivity index (χ1v) is 9.22. The van der Waals surface area contributed by atoms with Gasteiger partial charge < -0.3 is 5.32 Å². The third-order valence-corrected chi connectivity index (χ3v) is 4.84. The molecule has 2 rings (SSSR count). The van der Waals surface area contributed by atoms with E-state index in [0.29, 0.717) is 11.1 Å². The Morgan fingerprint density at radius 2 is 1.69 bits per heavy atom. The molecule has 0 saturated carbocycles. The molecule has 26 heavy (non-hydrogen) atoms. The molecular weight excluding hydrogens is 354 g/mol. The lowest BCUT2D eigenvalue weighted by atomic mass is 10.2. The van der Waals surface area contributed by atoms with Gasteiger partial charge in [0.15, 0.2) is 0 Å². The van der Waals surface area contributed by atoms with Crippen molar-refractivity contribution in [3.8, 4) is 6.07 Å². The topological polar surface area (TPSA) is 116 Å². The number of nitriles is 1. The predicted octanol–water partition coefficient (Wildman–Crippen LogP) is 1.57. The van der Waals surface area contributed by atoms with Crippen LogP contribution in [0.15, 0.2) is 59.5 Å². The Balaban J connectivity index is 1.94. The molecule has 0 aromatic heterocycles. The predicted molar refractivity (Wildman–Crippen MR) is 94.5 cm³/mol. The first kappa shape index (κ1) is 19.1. The Labute approximate surface area is 151 Å². The highest BCUT2D eigenvalue weighted by Gasteiger charge is 2.20. The monoisotopic (exact) mass is 371 g/mol. The van der Waals surface area contributed by atoms with E-state index in [-0.39, 0.29) is 17.2 Å². The van der Waals surface area contributed by atoms with E-state index in [1.165, 1.54) is 24.3 Å². The molecule has 0 saturated heterocycles. The van der Waals surface area contributed by atoms with E-state index in [2.05, 4.69) is 5.32 Å². The number of hydrogen-bond acceptors (Lipinski definition) is 5. The molecule has 0 bridgehead atoms. The molecule has 7 nitrogen and oxygen atoms in total. The molecule has 2 amide bonds. The molecule has 1 atom stereocenters. The first-order chi connectivity index (χ1) is 12.3. The lowest BCUT2D eigenvalue weighted by Crippen LogP contribution is -2.39. The summed E-state index contributed by atoms with van der Waals surface area (Å²) in [5.41, 5.74) is 0.762. The largest absolute Gasteiger partial charge is 0.349 e. The molecule has 8 heteroatoms. The van der Waals surface area contributed by atoms with Crippen LogP contribution < -0.4 is 10.0 Å². The Bertz CT molecular complexity index is 933. The summed E-state index contributed by atoms with van der Waals surface area (Å²) >= 11 is 0. The molecule has 0 spiro atoms.